The van der Waals surface area contributed by atoms with Gasteiger partial charge in [-0.1, -0.05) is 39.0 Å². The summed E-state index contributed by atoms with van der Waals surface area (Å²) >= 11 is 0. The third-order valence-electron chi connectivity index (χ3n) is 4.30. The van der Waals surface area contributed by atoms with Crippen molar-refractivity contribution < 1.29 is 4.74 Å². The van der Waals surface area contributed by atoms with Gasteiger partial charge in [-0.15, -0.1) is 0 Å². The summed E-state index contributed by atoms with van der Waals surface area (Å²) < 4.78 is 5.75. The maximum absolute atomic E-state index is 5.75. The third-order valence-corrected chi connectivity index (χ3v) is 4.30. The van der Waals surface area contributed by atoms with E-state index in [0.717, 1.165) is 25.5 Å². The van der Waals surface area contributed by atoms with Crippen molar-refractivity contribution in [3.8, 4) is 0 Å². The fourth-order valence-corrected chi connectivity index (χ4v) is 3.22. The molecule has 0 aromatic rings. The predicted octanol–water partition coefficient (Wildman–Crippen LogP) is 4.02. The predicted molar refractivity (Wildman–Crippen MR) is 76.5 cm³/mol. The zero-order chi connectivity index (χ0) is 12.6. The molecule has 1 N–H and O–H groups in total. The van der Waals surface area contributed by atoms with Crippen LogP contribution >= 0.6 is 0 Å². The van der Waals surface area contributed by atoms with Gasteiger partial charge in [0.1, 0.15) is 5.76 Å². The fourth-order valence-electron chi connectivity index (χ4n) is 3.22. The summed E-state index contributed by atoms with van der Waals surface area (Å²) in [6, 6.07) is 0.481. The first-order chi connectivity index (χ1) is 8.90. The average molecular weight is 251 g/mol. The molecule has 0 aromatic heterocycles. The van der Waals surface area contributed by atoms with Crippen LogP contribution in [0.3, 0.4) is 0 Å². The van der Waals surface area contributed by atoms with E-state index in [2.05, 4.69) is 18.3 Å². The minimum Gasteiger partial charge on any atom is -0.496 e. The summed E-state index contributed by atoms with van der Waals surface area (Å²) in [7, 11) is 0. The van der Waals surface area contributed by atoms with Gasteiger partial charge in [-0.25, -0.2) is 0 Å². The Hall–Kier alpha value is -0.500. The molecular formula is C16H29NO. The van der Waals surface area contributed by atoms with E-state index in [4.69, 9.17) is 4.74 Å². The highest BCUT2D eigenvalue weighted by molar-refractivity contribution is 5.07. The van der Waals surface area contributed by atoms with Crippen LogP contribution in [0.5, 0.6) is 0 Å². The summed E-state index contributed by atoms with van der Waals surface area (Å²) in [6.07, 6.45) is 14.5. The molecule has 1 atom stereocenters. The van der Waals surface area contributed by atoms with E-state index in [-0.39, 0.29) is 0 Å². The highest BCUT2D eigenvalue weighted by atomic mass is 16.5. The molecule has 1 unspecified atom stereocenters. The number of hydrogen-bond donors (Lipinski definition) is 1. The zero-order valence-electron chi connectivity index (χ0n) is 11.9. The largest absolute Gasteiger partial charge is 0.496 e. The van der Waals surface area contributed by atoms with Crippen LogP contribution < -0.4 is 5.32 Å². The van der Waals surface area contributed by atoms with Gasteiger partial charge in [0.25, 0.3) is 0 Å². The zero-order valence-corrected chi connectivity index (χ0v) is 11.9. The lowest BCUT2D eigenvalue weighted by Gasteiger charge is -2.25. The van der Waals surface area contributed by atoms with Crippen molar-refractivity contribution in [1.82, 2.24) is 5.32 Å². The van der Waals surface area contributed by atoms with Crippen LogP contribution in [-0.4, -0.2) is 19.2 Å². The molecule has 0 spiro atoms. The van der Waals surface area contributed by atoms with Gasteiger partial charge in [-0.3, -0.25) is 0 Å². The molecule has 1 aliphatic carbocycles. The van der Waals surface area contributed by atoms with Crippen LogP contribution in [0, 0.1) is 5.92 Å². The molecular weight excluding hydrogens is 222 g/mol. The third kappa shape index (κ3) is 4.31. The Kier molecular flexibility index (Phi) is 6.06. The fraction of sp³-hybridized carbons (Fsp3) is 0.875. The van der Waals surface area contributed by atoms with Crippen LogP contribution in [-0.2, 0) is 4.74 Å². The van der Waals surface area contributed by atoms with Crippen molar-refractivity contribution in [2.45, 2.75) is 70.8 Å². The van der Waals surface area contributed by atoms with Gasteiger partial charge in [0, 0.05) is 6.42 Å². The minimum absolute atomic E-state index is 0.481. The van der Waals surface area contributed by atoms with E-state index >= 15 is 0 Å². The van der Waals surface area contributed by atoms with Crippen LogP contribution in [0.15, 0.2) is 11.8 Å². The summed E-state index contributed by atoms with van der Waals surface area (Å²) in [5, 5.41) is 3.66. The highest BCUT2D eigenvalue weighted by Gasteiger charge is 2.21. The molecule has 2 nitrogen and oxygen atoms in total. The lowest BCUT2D eigenvalue weighted by atomic mass is 9.85. The Morgan fingerprint density at radius 2 is 2.17 bits per heavy atom. The molecule has 0 amide bonds. The Balaban J connectivity index is 1.76. The van der Waals surface area contributed by atoms with Crippen LogP contribution in [0.4, 0.5) is 0 Å². The highest BCUT2D eigenvalue weighted by Crippen LogP contribution is 2.29. The summed E-state index contributed by atoms with van der Waals surface area (Å²) in [5.74, 6) is 2.20. The lowest BCUT2D eigenvalue weighted by Crippen LogP contribution is -2.32. The van der Waals surface area contributed by atoms with E-state index in [1.807, 2.05) is 0 Å². The van der Waals surface area contributed by atoms with Crippen molar-refractivity contribution in [3.05, 3.63) is 11.8 Å². The smallest absolute Gasteiger partial charge is 0.109 e. The Bertz CT molecular complexity index is 256. The summed E-state index contributed by atoms with van der Waals surface area (Å²) in [4.78, 5) is 0. The molecule has 0 bridgehead atoms. The maximum atomic E-state index is 5.75. The standard InChI is InChI=1S/C16H29NO/c1-2-12-17-15(16-9-6-13-18-16)11-10-14-7-4-3-5-8-14/h9,14-15,17H,2-8,10-13H2,1H3. The van der Waals surface area contributed by atoms with Gasteiger partial charge < -0.3 is 10.1 Å². The van der Waals surface area contributed by atoms with Gasteiger partial charge in [0.05, 0.1) is 12.6 Å². The van der Waals surface area contributed by atoms with Crippen LogP contribution in [0.1, 0.15) is 64.7 Å². The molecule has 104 valence electrons. The van der Waals surface area contributed by atoms with Crippen molar-refractivity contribution in [2.24, 2.45) is 5.92 Å². The Morgan fingerprint density at radius 1 is 1.33 bits per heavy atom. The SMILES string of the molecule is CCCNC(CCC1CCCCC1)C1=CCCO1. The molecule has 2 aliphatic rings. The minimum atomic E-state index is 0.481. The number of ether oxygens (including phenoxy) is 1. The summed E-state index contributed by atoms with van der Waals surface area (Å²) in [5.41, 5.74) is 0. The molecule has 2 heteroatoms. The second-order valence-corrected chi connectivity index (χ2v) is 5.83. The molecule has 0 saturated heterocycles. The van der Waals surface area contributed by atoms with Crippen molar-refractivity contribution in [2.75, 3.05) is 13.2 Å². The van der Waals surface area contributed by atoms with E-state index in [0.29, 0.717) is 6.04 Å². The second-order valence-electron chi connectivity index (χ2n) is 5.83. The monoisotopic (exact) mass is 251 g/mol. The summed E-state index contributed by atoms with van der Waals surface area (Å²) in [6.45, 7) is 4.23. The quantitative estimate of drug-likeness (QED) is 0.738. The molecule has 1 fully saturated rings. The van der Waals surface area contributed by atoms with Crippen LogP contribution in [0.2, 0.25) is 0 Å². The Labute approximate surface area is 112 Å². The lowest BCUT2D eigenvalue weighted by molar-refractivity contribution is 0.205. The molecule has 1 aliphatic heterocycles. The van der Waals surface area contributed by atoms with Gasteiger partial charge in [0.2, 0.25) is 0 Å². The van der Waals surface area contributed by atoms with Gasteiger partial charge >= 0.3 is 0 Å². The molecule has 1 heterocycles. The van der Waals surface area contributed by atoms with Crippen molar-refractivity contribution in [3.63, 3.8) is 0 Å². The first-order valence-electron chi connectivity index (χ1n) is 7.96. The maximum Gasteiger partial charge on any atom is 0.109 e. The van der Waals surface area contributed by atoms with Gasteiger partial charge in [-0.2, -0.15) is 0 Å². The number of nitrogens with one attached hydrogen (secondary N) is 1. The molecule has 0 aromatic carbocycles. The second kappa shape index (κ2) is 7.83. The van der Waals surface area contributed by atoms with Crippen molar-refractivity contribution >= 4 is 0 Å². The normalized spacial score (nSPS) is 22.6. The van der Waals surface area contributed by atoms with Crippen molar-refractivity contribution in [1.29, 1.82) is 0 Å². The topological polar surface area (TPSA) is 21.3 Å². The van der Waals surface area contributed by atoms with Crippen LogP contribution in [0.25, 0.3) is 0 Å². The number of hydrogen-bond acceptors (Lipinski definition) is 2. The van der Waals surface area contributed by atoms with E-state index in [1.165, 1.54) is 57.1 Å². The molecule has 0 radical (unpaired) electrons. The first-order valence-corrected chi connectivity index (χ1v) is 7.96. The molecule has 18 heavy (non-hydrogen) atoms. The first kappa shape index (κ1) is 13.9. The number of rotatable bonds is 7. The van der Waals surface area contributed by atoms with E-state index < -0.39 is 0 Å². The van der Waals surface area contributed by atoms with Gasteiger partial charge in [-0.05, 0) is 37.8 Å². The molecule has 1 saturated carbocycles. The van der Waals surface area contributed by atoms with E-state index in [9.17, 15) is 0 Å². The van der Waals surface area contributed by atoms with Gasteiger partial charge in [0.15, 0.2) is 0 Å². The van der Waals surface area contributed by atoms with E-state index in [1.54, 1.807) is 0 Å². The average Bonchev–Trinajstić information content (AvgIpc) is 2.94. The molecule has 2 rings (SSSR count). The Morgan fingerprint density at radius 3 is 2.83 bits per heavy atom.